The van der Waals surface area contributed by atoms with Crippen molar-refractivity contribution < 1.29 is 19.4 Å². The first-order valence-corrected chi connectivity index (χ1v) is 9.78. The molecule has 0 bridgehead atoms. The van der Waals surface area contributed by atoms with Crippen molar-refractivity contribution in [3.63, 3.8) is 0 Å². The quantitative estimate of drug-likeness (QED) is 0.588. The number of nitrogens with one attached hydrogen (secondary N) is 1. The van der Waals surface area contributed by atoms with Gasteiger partial charge in [-0.05, 0) is 41.8 Å². The fraction of sp³-hybridized carbons (Fsp3) is 0.333. The molecule has 0 unspecified atom stereocenters. The van der Waals surface area contributed by atoms with E-state index in [2.05, 4.69) is 12.2 Å². The Kier molecular flexibility index (Phi) is 8.77. The average Bonchev–Trinajstić information content (AvgIpc) is 2.69. The lowest BCUT2D eigenvalue weighted by atomic mass is 9.94. The Morgan fingerprint density at radius 2 is 1.86 bits per heavy atom. The topological polar surface area (TPSA) is 75.6 Å². The summed E-state index contributed by atoms with van der Waals surface area (Å²) in [6.45, 7) is 1.97. The maximum absolute atomic E-state index is 12.1. The van der Waals surface area contributed by atoms with Crippen LogP contribution in [0.25, 0.3) is 0 Å². The van der Waals surface area contributed by atoms with Gasteiger partial charge in [-0.2, -0.15) is 0 Å². The van der Waals surface area contributed by atoms with Crippen LogP contribution in [-0.2, 0) is 16.1 Å². The molecule has 0 saturated heterocycles. The van der Waals surface area contributed by atoms with E-state index in [1.807, 2.05) is 6.07 Å². The van der Waals surface area contributed by atoms with Crippen LogP contribution in [0.15, 0.2) is 42.5 Å². The molecule has 7 heteroatoms. The van der Waals surface area contributed by atoms with Crippen molar-refractivity contribution in [2.24, 2.45) is 0 Å². The Bertz CT molecular complexity index is 809. The number of aliphatic hydroxyl groups is 1. The Labute approximate surface area is 174 Å². The second-order valence-corrected chi connectivity index (χ2v) is 7.23. The molecule has 0 fully saturated rings. The van der Waals surface area contributed by atoms with Crippen molar-refractivity contribution in [2.75, 3.05) is 13.2 Å². The summed E-state index contributed by atoms with van der Waals surface area (Å²) >= 11 is 12.2. The van der Waals surface area contributed by atoms with Gasteiger partial charge < -0.3 is 15.2 Å². The normalized spacial score (nSPS) is 11.7. The van der Waals surface area contributed by atoms with Gasteiger partial charge in [0.05, 0.1) is 12.2 Å². The number of ether oxygens (including phenoxy) is 1. The minimum atomic E-state index is -0.592. The molecule has 2 aromatic carbocycles. The fourth-order valence-corrected chi connectivity index (χ4v) is 3.36. The molecule has 2 rings (SSSR count). The van der Waals surface area contributed by atoms with E-state index in [1.54, 1.807) is 36.4 Å². The zero-order valence-corrected chi connectivity index (χ0v) is 17.1. The fourth-order valence-electron chi connectivity index (χ4n) is 2.80. The molecule has 5 nitrogen and oxygen atoms in total. The van der Waals surface area contributed by atoms with Crippen LogP contribution in [0.2, 0.25) is 10.0 Å². The first-order chi connectivity index (χ1) is 13.4. The number of esters is 1. The molecule has 1 amide bonds. The average molecular weight is 424 g/mol. The summed E-state index contributed by atoms with van der Waals surface area (Å²) in [5, 5.41) is 12.9. The summed E-state index contributed by atoms with van der Waals surface area (Å²) in [5.74, 6) is -0.933. The predicted molar refractivity (Wildman–Crippen MR) is 110 cm³/mol. The number of carbonyl (C=O) groups is 2. The summed E-state index contributed by atoms with van der Waals surface area (Å²) < 4.78 is 5.04. The van der Waals surface area contributed by atoms with Gasteiger partial charge in [0.1, 0.15) is 0 Å². The molecule has 0 aromatic heterocycles. The number of aliphatic hydroxyl groups excluding tert-OH is 1. The molecular weight excluding hydrogens is 401 g/mol. The van der Waals surface area contributed by atoms with E-state index in [0.717, 1.165) is 18.4 Å². The highest BCUT2D eigenvalue weighted by atomic mass is 35.5. The number of hydrogen-bond acceptors (Lipinski definition) is 4. The lowest BCUT2D eigenvalue weighted by molar-refractivity contribution is -0.124. The summed E-state index contributed by atoms with van der Waals surface area (Å²) in [6.07, 6.45) is 1.77. The molecule has 0 aliphatic rings. The van der Waals surface area contributed by atoms with Gasteiger partial charge in [-0.3, -0.25) is 4.79 Å². The molecule has 0 spiro atoms. The van der Waals surface area contributed by atoms with Crippen molar-refractivity contribution in [1.82, 2.24) is 5.32 Å². The van der Waals surface area contributed by atoms with Crippen LogP contribution in [0.4, 0.5) is 0 Å². The van der Waals surface area contributed by atoms with E-state index in [0.29, 0.717) is 27.7 Å². The maximum Gasteiger partial charge on any atom is 0.338 e. The van der Waals surface area contributed by atoms with Crippen LogP contribution in [0.5, 0.6) is 0 Å². The van der Waals surface area contributed by atoms with Crippen LogP contribution in [0.1, 0.15) is 47.2 Å². The van der Waals surface area contributed by atoms with Gasteiger partial charge in [-0.1, -0.05) is 54.7 Å². The van der Waals surface area contributed by atoms with Gasteiger partial charge in [-0.15, -0.1) is 0 Å². The number of hydrogen-bond donors (Lipinski definition) is 2. The number of benzene rings is 2. The van der Waals surface area contributed by atoms with Gasteiger partial charge in [0.15, 0.2) is 6.61 Å². The highest BCUT2D eigenvalue weighted by Gasteiger charge is 2.16. The van der Waals surface area contributed by atoms with E-state index in [-0.39, 0.29) is 25.0 Å². The lowest BCUT2D eigenvalue weighted by Gasteiger charge is -2.19. The number of halogens is 2. The highest BCUT2D eigenvalue weighted by Crippen LogP contribution is 2.30. The molecule has 28 heavy (non-hydrogen) atoms. The largest absolute Gasteiger partial charge is 0.452 e. The molecule has 0 radical (unpaired) electrons. The van der Waals surface area contributed by atoms with Crippen LogP contribution in [0, 0.1) is 0 Å². The van der Waals surface area contributed by atoms with E-state index in [4.69, 9.17) is 33.0 Å². The smallest absolute Gasteiger partial charge is 0.338 e. The molecule has 150 valence electrons. The summed E-state index contributed by atoms with van der Waals surface area (Å²) in [6, 6.07) is 11.7. The molecule has 2 N–H and O–H groups in total. The summed E-state index contributed by atoms with van der Waals surface area (Å²) in [5.41, 5.74) is 1.94. The Morgan fingerprint density at radius 1 is 1.14 bits per heavy atom. The molecule has 2 aromatic rings. The van der Waals surface area contributed by atoms with Crippen molar-refractivity contribution >= 4 is 35.1 Å². The van der Waals surface area contributed by atoms with Crippen molar-refractivity contribution in [3.8, 4) is 0 Å². The Balaban J connectivity index is 1.87. The standard InChI is InChI=1S/C21H23Cl2NO4/c1-2-3-16(18-9-8-17(22)10-19(18)23)11-24-20(26)13-28-21(27)15-6-4-14(12-25)5-7-15/h4-10,16,25H,2-3,11-13H2,1H3,(H,24,26)/t16-/m0/s1. The van der Waals surface area contributed by atoms with Crippen molar-refractivity contribution in [2.45, 2.75) is 32.3 Å². The zero-order valence-electron chi connectivity index (χ0n) is 15.6. The van der Waals surface area contributed by atoms with Crippen LogP contribution < -0.4 is 5.32 Å². The van der Waals surface area contributed by atoms with Crippen molar-refractivity contribution in [1.29, 1.82) is 0 Å². The third kappa shape index (κ3) is 6.51. The second-order valence-electron chi connectivity index (χ2n) is 6.39. The minimum Gasteiger partial charge on any atom is -0.452 e. The maximum atomic E-state index is 12.1. The van der Waals surface area contributed by atoms with E-state index in [9.17, 15) is 9.59 Å². The number of amides is 1. The molecule has 0 heterocycles. The first-order valence-electron chi connectivity index (χ1n) is 9.03. The second kappa shape index (κ2) is 11.1. The highest BCUT2D eigenvalue weighted by molar-refractivity contribution is 6.35. The van der Waals surface area contributed by atoms with Crippen molar-refractivity contribution in [3.05, 3.63) is 69.2 Å². The molecule has 0 saturated carbocycles. The van der Waals surface area contributed by atoms with Gasteiger partial charge in [0, 0.05) is 22.5 Å². The molecular formula is C21H23Cl2NO4. The number of rotatable bonds is 9. The summed E-state index contributed by atoms with van der Waals surface area (Å²) in [7, 11) is 0. The predicted octanol–water partition coefficient (Wildman–Crippen LogP) is 4.34. The summed E-state index contributed by atoms with van der Waals surface area (Å²) in [4.78, 5) is 24.1. The lowest BCUT2D eigenvalue weighted by Crippen LogP contribution is -2.32. The Morgan fingerprint density at radius 3 is 2.46 bits per heavy atom. The SMILES string of the molecule is CCC[C@@H](CNC(=O)COC(=O)c1ccc(CO)cc1)c1ccc(Cl)cc1Cl. The van der Waals surface area contributed by atoms with Gasteiger partial charge in [-0.25, -0.2) is 4.79 Å². The molecule has 0 aliphatic heterocycles. The van der Waals surface area contributed by atoms with Gasteiger partial charge in [0.25, 0.3) is 5.91 Å². The van der Waals surface area contributed by atoms with Crippen LogP contribution >= 0.6 is 23.2 Å². The third-order valence-corrected chi connectivity index (χ3v) is 4.85. The Hall–Kier alpha value is -2.08. The third-order valence-electron chi connectivity index (χ3n) is 4.29. The first kappa shape index (κ1) is 22.2. The van der Waals surface area contributed by atoms with Crippen LogP contribution in [-0.4, -0.2) is 30.1 Å². The molecule has 0 aliphatic carbocycles. The molecule has 1 atom stereocenters. The van der Waals surface area contributed by atoms with E-state index >= 15 is 0 Å². The van der Waals surface area contributed by atoms with Crippen LogP contribution in [0.3, 0.4) is 0 Å². The zero-order chi connectivity index (χ0) is 20.5. The van der Waals surface area contributed by atoms with E-state index in [1.165, 1.54) is 0 Å². The number of carbonyl (C=O) groups excluding carboxylic acids is 2. The van der Waals surface area contributed by atoms with Gasteiger partial charge in [0.2, 0.25) is 0 Å². The monoisotopic (exact) mass is 423 g/mol. The minimum absolute atomic E-state index is 0.0421. The van der Waals surface area contributed by atoms with Gasteiger partial charge >= 0.3 is 5.97 Å². The van der Waals surface area contributed by atoms with E-state index < -0.39 is 5.97 Å².